The van der Waals surface area contributed by atoms with Crippen LogP contribution in [-0.4, -0.2) is 24.0 Å². The van der Waals surface area contributed by atoms with E-state index in [9.17, 15) is 10.1 Å². The minimum Gasteiger partial charge on any atom is -0.354 e. The number of hydrogen-bond donors (Lipinski definition) is 2. The maximum Gasteiger partial charge on any atom is 0.269 e. The number of benzene rings is 1. The average Bonchev–Trinajstić information content (AvgIpc) is 2.43. The van der Waals surface area contributed by atoms with Gasteiger partial charge in [0.1, 0.15) is 0 Å². The summed E-state index contributed by atoms with van der Waals surface area (Å²) in [6, 6.07) is 6.90. The van der Waals surface area contributed by atoms with Crippen LogP contribution in [0.5, 0.6) is 0 Å². The highest BCUT2D eigenvalue weighted by atomic mass is 16.6. The van der Waals surface area contributed by atoms with Gasteiger partial charge >= 0.3 is 0 Å². The van der Waals surface area contributed by atoms with E-state index < -0.39 is 4.92 Å². The quantitative estimate of drug-likeness (QED) is 0.369. The Morgan fingerprint density at radius 1 is 1.53 bits per heavy atom. The van der Waals surface area contributed by atoms with Gasteiger partial charge in [-0.3, -0.25) is 15.1 Å². The summed E-state index contributed by atoms with van der Waals surface area (Å²) in [5.74, 6) is 0.695. The Hall–Kier alpha value is -2.11. The second-order valence-corrected chi connectivity index (χ2v) is 4.31. The predicted molar refractivity (Wildman–Crippen MR) is 76.2 cm³/mol. The van der Waals surface area contributed by atoms with E-state index in [0.717, 1.165) is 12.0 Å². The number of nitro benzene ring substituents is 1. The summed E-state index contributed by atoms with van der Waals surface area (Å²) in [6.45, 7) is 4.66. The average molecular weight is 264 g/mol. The van der Waals surface area contributed by atoms with Crippen LogP contribution in [0.4, 0.5) is 5.69 Å². The lowest BCUT2D eigenvalue weighted by molar-refractivity contribution is -0.384. The van der Waals surface area contributed by atoms with Gasteiger partial charge in [0.25, 0.3) is 5.69 Å². The molecular formula is C13H20N4O2. The first-order chi connectivity index (χ1) is 9.06. The molecule has 1 atom stereocenters. The molecule has 19 heavy (non-hydrogen) atoms. The lowest BCUT2D eigenvalue weighted by Gasteiger charge is -2.16. The third-order valence-corrected chi connectivity index (χ3v) is 2.80. The van der Waals surface area contributed by atoms with E-state index >= 15 is 0 Å². The van der Waals surface area contributed by atoms with Crippen molar-refractivity contribution in [3.05, 3.63) is 39.9 Å². The molecule has 0 bridgehead atoms. The summed E-state index contributed by atoms with van der Waals surface area (Å²) in [7, 11) is 1.70. The largest absolute Gasteiger partial charge is 0.354 e. The van der Waals surface area contributed by atoms with Gasteiger partial charge in [-0.25, -0.2) is 0 Å². The van der Waals surface area contributed by atoms with Gasteiger partial charge in [-0.1, -0.05) is 19.1 Å². The molecule has 1 aromatic carbocycles. The minimum absolute atomic E-state index is 0.101. The van der Waals surface area contributed by atoms with Crippen molar-refractivity contribution in [2.24, 2.45) is 4.99 Å². The molecule has 1 rings (SSSR count). The Morgan fingerprint density at radius 3 is 2.84 bits per heavy atom. The Kier molecular flexibility index (Phi) is 5.78. The second-order valence-electron chi connectivity index (χ2n) is 4.31. The van der Waals surface area contributed by atoms with Crippen LogP contribution in [-0.2, 0) is 6.54 Å². The van der Waals surface area contributed by atoms with Crippen molar-refractivity contribution < 1.29 is 4.92 Å². The SMILES string of the molecule is CCC(C)NC(=NC)NCc1cccc([N+](=O)[O-])c1. The summed E-state index contributed by atoms with van der Waals surface area (Å²) in [4.78, 5) is 14.4. The molecule has 0 aromatic heterocycles. The lowest BCUT2D eigenvalue weighted by Crippen LogP contribution is -2.41. The van der Waals surface area contributed by atoms with Gasteiger partial charge in [0.2, 0.25) is 0 Å². The molecule has 1 unspecified atom stereocenters. The van der Waals surface area contributed by atoms with Gasteiger partial charge in [-0.2, -0.15) is 0 Å². The summed E-state index contributed by atoms with van der Waals surface area (Å²) in [6.07, 6.45) is 0.998. The van der Waals surface area contributed by atoms with Crippen LogP contribution in [0, 0.1) is 10.1 Å². The van der Waals surface area contributed by atoms with E-state index in [2.05, 4.69) is 29.5 Å². The molecule has 0 aliphatic heterocycles. The molecule has 0 saturated carbocycles. The Morgan fingerprint density at radius 2 is 2.26 bits per heavy atom. The second kappa shape index (κ2) is 7.35. The molecule has 6 heteroatoms. The van der Waals surface area contributed by atoms with Gasteiger partial charge in [0, 0.05) is 31.8 Å². The molecule has 0 aliphatic rings. The highest BCUT2D eigenvalue weighted by Crippen LogP contribution is 2.12. The Labute approximate surface area is 113 Å². The molecule has 0 aliphatic carbocycles. The third-order valence-electron chi connectivity index (χ3n) is 2.80. The van der Waals surface area contributed by atoms with Gasteiger partial charge in [0.05, 0.1) is 4.92 Å². The normalized spacial score (nSPS) is 12.9. The van der Waals surface area contributed by atoms with Crippen molar-refractivity contribution in [1.29, 1.82) is 0 Å². The van der Waals surface area contributed by atoms with Crippen LogP contribution in [0.25, 0.3) is 0 Å². The van der Waals surface area contributed by atoms with Crippen LogP contribution in [0.3, 0.4) is 0 Å². The highest BCUT2D eigenvalue weighted by Gasteiger charge is 2.06. The predicted octanol–water partition coefficient (Wildman–Crippen LogP) is 2.06. The van der Waals surface area contributed by atoms with Crippen LogP contribution in [0.1, 0.15) is 25.8 Å². The lowest BCUT2D eigenvalue weighted by atomic mass is 10.2. The zero-order chi connectivity index (χ0) is 14.3. The van der Waals surface area contributed by atoms with E-state index in [1.807, 2.05) is 6.07 Å². The van der Waals surface area contributed by atoms with Crippen LogP contribution < -0.4 is 10.6 Å². The monoisotopic (exact) mass is 264 g/mol. The van der Waals surface area contributed by atoms with E-state index in [4.69, 9.17) is 0 Å². The van der Waals surface area contributed by atoms with Gasteiger partial charge < -0.3 is 10.6 Å². The summed E-state index contributed by atoms with van der Waals surface area (Å²) < 4.78 is 0. The Balaban J connectivity index is 2.60. The number of rotatable bonds is 5. The summed E-state index contributed by atoms with van der Waals surface area (Å²) >= 11 is 0. The maximum absolute atomic E-state index is 10.7. The fourth-order valence-corrected chi connectivity index (χ4v) is 1.50. The van der Waals surface area contributed by atoms with Gasteiger partial charge in [0.15, 0.2) is 5.96 Å². The number of nitro groups is 1. The minimum atomic E-state index is -0.393. The number of non-ortho nitro benzene ring substituents is 1. The van der Waals surface area contributed by atoms with Crippen molar-refractivity contribution in [3.63, 3.8) is 0 Å². The van der Waals surface area contributed by atoms with Crippen molar-refractivity contribution in [2.75, 3.05) is 7.05 Å². The number of hydrogen-bond acceptors (Lipinski definition) is 3. The van der Waals surface area contributed by atoms with E-state index in [-0.39, 0.29) is 5.69 Å². The Bertz CT molecular complexity index is 460. The van der Waals surface area contributed by atoms with Crippen molar-refractivity contribution in [3.8, 4) is 0 Å². The van der Waals surface area contributed by atoms with Crippen molar-refractivity contribution in [1.82, 2.24) is 10.6 Å². The first-order valence-corrected chi connectivity index (χ1v) is 6.27. The molecule has 6 nitrogen and oxygen atoms in total. The third kappa shape index (κ3) is 4.95. The summed E-state index contributed by atoms with van der Waals surface area (Å²) in [5, 5.41) is 17.0. The molecular weight excluding hydrogens is 244 g/mol. The topological polar surface area (TPSA) is 79.6 Å². The maximum atomic E-state index is 10.7. The molecule has 0 spiro atoms. The fraction of sp³-hybridized carbons (Fsp3) is 0.462. The zero-order valence-corrected chi connectivity index (χ0v) is 11.5. The smallest absolute Gasteiger partial charge is 0.269 e. The van der Waals surface area contributed by atoms with E-state index in [1.165, 1.54) is 6.07 Å². The van der Waals surface area contributed by atoms with Crippen LogP contribution in [0.2, 0.25) is 0 Å². The molecule has 1 aromatic rings. The standard InChI is InChI=1S/C13H20N4O2/c1-4-10(2)16-13(14-3)15-9-11-6-5-7-12(8-11)17(18)19/h5-8,10H,4,9H2,1-3H3,(H2,14,15,16). The summed E-state index contributed by atoms with van der Waals surface area (Å²) in [5.41, 5.74) is 0.950. The molecule has 0 heterocycles. The fourth-order valence-electron chi connectivity index (χ4n) is 1.50. The van der Waals surface area contributed by atoms with Gasteiger partial charge in [-0.15, -0.1) is 0 Å². The van der Waals surface area contributed by atoms with Gasteiger partial charge in [-0.05, 0) is 18.9 Å². The number of nitrogens with zero attached hydrogens (tertiary/aromatic N) is 2. The first-order valence-electron chi connectivity index (χ1n) is 6.27. The van der Waals surface area contributed by atoms with Crippen LogP contribution >= 0.6 is 0 Å². The number of nitrogens with one attached hydrogen (secondary N) is 2. The zero-order valence-electron chi connectivity index (χ0n) is 11.5. The van der Waals surface area contributed by atoms with E-state index in [0.29, 0.717) is 18.5 Å². The highest BCUT2D eigenvalue weighted by molar-refractivity contribution is 5.79. The molecule has 2 N–H and O–H groups in total. The van der Waals surface area contributed by atoms with E-state index in [1.54, 1.807) is 19.2 Å². The first kappa shape index (κ1) is 14.9. The molecule has 0 saturated heterocycles. The molecule has 0 radical (unpaired) electrons. The molecule has 0 amide bonds. The number of guanidine groups is 1. The number of aliphatic imine (C=N–C) groups is 1. The van der Waals surface area contributed by atoms with Crippen molar-refractivity contribution in [2.45, 2.75) is 32.9 Å². The molecule has 0 fully saturated rings. The molecule has 104 valence electrons. The van der Waals surface area contributed by atoms with Crippen LogP contribution in [0.15, 0.2) is 29.3 Å². The van der Waals surface area contributed by atoms with Crippen molar-refractivity contribution >= 4 is 11.6 Å².